The van der Waals surface area contributed by atoms with Gasteiger partial charge in [-0.1, -0.05) is 28.9 Å². The molecule has 0 spiro atoms. The largest absolute Gasteiger partial charge is 0.339 e. The number of fused-ring (bicyclic) bond motifs is 1. The monoisotopic (exact) mass is 395 g/mol. The molecule has 0 aliphatic heterocycles. The fraction of sp³-hybridized carbons (Fsp3) is 0.222. The summed E-state index contributed by atoms with van der Waals surface area (Å²) < 4.78 is 6.67. The van der Waals surface area contributed by atoms with Crippen LogP contribution in [-0.4, -0.2) is 29.9 Å². The van der Waals surface area contributed by atoms with E-state index in [-0.39, 0.29) is 28.7 Å². The smallest absolute Gasteiger partial charge is 0.279 e. The van der Waals surface area contributed by atoms with Crippen molar-refractivity contribution in [3.63, 3.8) is 0 Å². The summed E-state index contributed by atoms with van der Waals surface area (Å²) in [6.07, 6.45) is 1.53. The second-order valence-electron chi connectivity index (χ2n) is 6.21. The summed E-state index contributed by atoms with van der Waals surface area (Å²) in [4.78, 5) is 21.2. The summed E-state index contributed by atoms with van der Waals surface area (Å²) in [6.45, 7) is 0. The SMILES string of the molecule is Cn1c(Cc2nc(CCc3ccc(Cl)cc3)no2)nc2c(C#N)n[nH]c2c1=O. The van der Waals surface area contributed by atoms with Gasteiger partial charge in [0.2, 0.25) is 5.89 Å². The predicted molar refractivity (Wildman–Crippen MR) is 99.8 cm³/mol. The molecule has 1 aromatic carbocycles. The maximum Gasteiger partial charge on any atom is 0.279 e. The van der Waals surface area contributed by atoms with Gasteiger partial charge in [0.1, 0.15) is 17.4 Å². The van der Waals surface area contributed by atoms with E-state index in [0.29, 0.717) is 29.0 Å². The van der Waals surface area contributed by atoms with E-state index in [1.165, 1.54) is 4.57 Å². The molecule has 3 aromatic heterocycles. The van der Waals surface area contributed by atoms with Crippen LogP contribution in [0.3, 0.4) is 0 Å². The van der Waals surface area contributed by atoms with Crippen LogP contribution in [0.1, 0.15) is 28.8 Å². The Bertz CT molecular complexity index is 1250. The van der Waals surface area contributed by atoms with Crippen LogP contribution in [0.2, 0.25) is 5.02 Å². The lowest BCUT2D eigenvalue weighted by Gasteiger charge is -2.04. The first-order valence-corrected chi connectivity index (χ1v) is 8.83. The number of hydrogen-bond acceptors (Lipinski definition) is 7. The number of nitrogens with one attached hydrogen (secondary N) is 1. The van der Waals surface area contributed by atoms with E-state index in [4.69, 9.17) is 21.4 Å². The number of rotatable bonds is 5. The van der Waals surface area contributed by atoms with Crippen molar-refractivity contribution in [3.8, 4) is 6.07 Å². The van der Waals surface area contributed by atoms with E-state index >= 15 is 0 Å². The number of nitriles is 1. The fourth-order valence-corrected chi connectivity index (χ4v) is 2.95. The van der Waals surface area contributed by atoms with E-state index in [2.05, 4.69) is 25.3 Å². The van der Waals surface area contributed by atoms with Crippen LogP contribution in [0, 0.1) is 11.3 Å². The Balaban J connectivity index is 1.54. The van der Waals surface area contributed by atoms with Gasteiger partial charge in [0.05, 0.1) is 6.42 Å². The van der Waals surface area contributed by atoms with Gasteiger partial charge in [-0.3, -0.25) is 14.5 Å². The molecule has 4 rings (SSSR count). The normalized spacial score (nSPS) is 11.0. The molecule has 0 aliphatic rings. The molecule has 0 saturated carbocycles. The quantitative estimate of drug-likeness (QED) is 0.547. The van der Waals surface area contributed by atoms with Gasteiger partial charge < -0.3 is 4.52 Å². The highest BCUT2D eigenvalue weighted by atomic mass is 35.5. The number of benzene rings is 1. The standard InChI is InChI=1S/C18H14ClN7O2/c1-26-14(22-16-12(9-20)23-24-17(16)18(26)27)8-15-21-13(25-28-15)7-4-10-2-5-11(19)6-3-10/h2-3,5-6H,4,7-8H2,1H3,(H,23,24). The van der Waals surface area contributed by atoms with E-state index in [9.17, 15) is 4.79 Å². The second kappa shape index (κ2) is 7.25. The lowest BCUT2D eigenvalue weighted by atomic mass is 10.1. The zero-order chi connectivity index (χ0) is 19.7. The minimum Gasteiger partial charge on any atom is -0.339 e. The lowest BCUT2D eigenvalue weighted by Crippen LogP contribution is -2.22. The minimum atomic E-state index is -0.323. The van der Waals surface area contributed by atoms with E-state index < -0.39 is 0 Å². The molecule has 10 heteroatoms. The molecule has 3 heterocycles. The molecule has 9 nitrogen and oxygen atoms in total. The molecule has 0 bridgehead atoms. The Hall–Kier alpha value is -3.51. The summed E-state index contributed by atoms with van der Waals surface area (Å²) in [6, 6.07) is 9.50. The van der Waals surface area contributed by atoms with Crippen LogP contribution < -0.4 is 5.56 Å². The highest BCUT2D eigenvalue weighted by Gasteiger charge is 2.17. The number of aromatic amines is 1. The van der Waals surface area contributed by atoms with Crippen LogP contribution in [0.5, 0.6) is 0 Å². The van der Waals surface area contributed by atoms with E-state index in [0.717, 1.165) is 12.0 Å². The summed E-state index contributed by atoms with van der Waals surface area (Å²) in [5.74, 6) is 1.32. The molecule has 0 amide bonds. The van der Waals surface area contributed by atoms with Gasteiger partial charge in [-0.25, -0.2) is 4.98 Å². The third-order valence-corrected chi connectivity index (χ3v) is 4.62. The van der Waals surface area contributed by atoms with Crippen LogP contribution in [-0.2, 0) is 26.3 Å². The molecule has 0 radical (unpaired) electrons. The van der Waals surface area contributed by atoms with E-state index in [1.807, 2.05) is 30.3 Å². The number of hydrogen-bond donors (Lipinski definition) is 1. The highest BCUT2D eigenvalue weighted by Crippen LogP contribution is 2.13. The molecule has 0 fully saturated rings. The molecule has 1 N–H and O–H groups in total. The molecule has 28 heavy (non-hydrogen) atoms. The van der Waals surface area contributed by atoms with Crippen molar-refractivity contribution in [3.05, 3.63) is 68.4 Å². The van der Waals surface area contributed by atoms with Crippen molar-refractivity contribution in [2.75, 3.05) is 0 Å². The van der Waals surface area contributed by atoms with Crippen LogP contribution >= 0.6 is 11.6 Å². The van der Waals surface area contributed by atoms with Crippen molar-refractivity contribution < 1.29 is 4.52 Å². The number of H-pyrrole nitrogens is 1. The van der Waals surface area contributed by atoms with Crippen LogP contribution in [0.25, 0.3) is 11.0 Å². The first kappa shape index (κ1) is 17.9. The summed E-state index contributed by atoms with van der Waals surface area (Å²) in [5, 5.41) is 20.1. The number of halogens is 1. The van der Waals surface area contributed by atoms with Crippen molar-refractivity contribution >= 4 is 22.6 Å². The lowest BCUT2D eigenvalue weighted by molar-refractivity contribution is 0.376. The third kappa shape index (κ3) is 3.37. The fourth-order valence-electron chi connectivity index (χ4n) is 2.83. The zero-order valence-corrected chi connectivity index (χ0v) is 15.6. The third-order valence-electron chi connectivity index (χ3n) is 4.36. The molecule has 0 saturated heterocycles. The highest BCUT2D eigenvalue weighted by molar-refractivity contribution is 6.30. The predicted octanol–water partition coefficient (Wildman–Crippen LogP) is 1.94. The van der Waals surface area contributed by atoms with Gasteiger partial charge in [-0.15, -0.1) is 0 Å². The summed E-state index contributed by atoms with van der Waals surface area (Å²) >= 11 is 5.89. The van der Waals surface area contributed by atoms with Gasteiger partial charge in [-0.05, 0) is 24.1 Å². The number of aryl methyl sites for hydroxylation is 2. The molecule has 0 unspecified atom stereocenters. The molecular weight excluding hydrogens is 382 g/mol. The zero-order valence-electron chi connectivity index (χ0n) is 14.8. The molecule has 0 aliphatic carbocycles. The average molecular weight is 396 g/mol. The maximum absolute atomic E-state index is 12.4. The summed E-state index contributed by atoms with van der Waals surface area (Å²) in [5.41, 5.74) is 1.30. The van der Waals surface area contributed by atoms with Crippen molar-refractivity contribution in [1.29, 1.82) is 5.26 Å². The Morgan fingerprint density at radius 1 is 1.25 bits per heavy atom. The van der Waals surface area contributed by atoms with Gasteiger partial charge in [-0.2, -0.15) is 15.3 Å². The Morgan fingerprint density at radius 3 is 2.79 bits per heavy atom. The number of aromatic nitrogens is 6. The molecule has 140 valence electrons. The Kier molecular flexibility index (Phi) is 4.63. The van der Waals surface area contributed by atoms with Gasteiger partial charge >= 0.3 is 0 Å². The van der Waals surface area contributed by atoms with Crippen LogP contribution in [0.15, 0.2) is 33.6 Å². The molecular formula is C18H14ClN7O2. The minimum absolute atomic E-state index is 0.0723. The summed E-state index contributed by atoms with van der Waals surface area (Å²) in [7, 11) is 1.59. The Morgan fingerprint density at radius 2 is 2.04 bits per heavy atom. The number of nitrogens with zero attached hydrogens (tertiary/aromatic N) is 6. The first-order valence-electron chi connectivity index (χ1n) is 8.45. The van der Waals surface area contributed by atoms with E-state index in [1.54, 1.807) is 7.05 Å². The van der Waals surface area contributed by atoms with Gasteiger partial charge in [0, 0.05) is 18.5 Å². The van der Waals surface area contributed by atoms with Gasteiger partial charge in [0.25, 0.3) is 5.56 Å². The Labute approximate surface area is 163 Å². The van der Waals surface area contributed by atoms with Crippen molar-refractivity contribution in [1.82, 2.24) is 29.9 Å². The average Bonchev–Trinajstić information content (AvgIpc) is 3.32. The van der Waals surface area contributed by atoms with Crippen molar-refractivity contribution in [2.24, 2.45) is 7.05 Å². The van der Waals surface area contributed by atoms with Crippen LogP contribution in [0.4, 0.5) is 0 Å². The second-order valence-corrected chi connectivity index (χ2v) is 6.64. The first-order chi connectivity index (χ1) is 13.5. The molecule has 4 aromatic rings. The van der Waals surface area contributed by atoms with Crippen molar-refractivity contribution in [2.45, 2.75) is 19.3 Å². The molecule has 0 atom stereocenters. The maximum atomic E-state index is 12.4. The topological polar surface area (TPSA) is 126 Å². The van der Waals surface area contributed by atoms with Gasteiger partial charge in [0.15, 0.2) is 17.0 Å².